The highest BCUT2D eigenvalue weighted by Crippen LogP contribution is 2.25. The lowest BCUT2D eigenvalue weighted by Gasteiger charge is -2.17. The number of alkyl halides is 1. The van der Waals surface area contributed by atoms with E-state index in [-0.39, 0.29) is 0 Å². The highest BCUT2D eigenvalue weighted by atomic mass is 19.1. The van der Waals surface area contributed by atoms with Crippen molar-refractivity contribution >= 4 is 0 Å². The van der Waals surface area contributed by atoms with Gasteiger partial charge in [0.05, 0.1) is 0 Å². The van der Waals surface area contributed by atoms with Crippen LogP contribution in [0, 0.1) is 0 Å². The Morgan fingerprint density at radius 3 is 2.25 bits per heavy atom. The molecule has 0 spiro atoms. The number of hydrogen-bond donors (Lipinski definition) is 1. The zero-order chi connectivity index (χ0) is 8.39. The lowest BCUT2D eigenvalue weighted by molar-refractivity contribution is 0.328. The zero-order valence-electron chi connectivity index (χ0n) is 7.56. The number of rotatable bonds is 2. The molecule has 0 aromatic rings. The van der Waals surface area contributed by atoms with Crippen molar-refractivity contribution in [1.29, 1.82) is 0 Å². The SMILES string of the molecule is F[C@@H]1CC[C@@H](NC2CCCC2)C1. The topological polar surface area (TPSA) is 12.0 Å². The van der Waals surface area contributed by atoms with Crippen molar-refractivity contribution in [3.05, 3.63) is 0 Å². The van der Waals surface area contributed by atoms with Gasteiger partial charge in [0.1, 0.15) is 6.17 Å². The summed E-state index contributed by atoms with van der Waals surface area (Å²) in [7, 11) is 0. The Kier molecular flexibility index (Phi) is 2.64. The quantitative estimate of drug-likeness (QED) is 0.672. The summed E-state index contributed by atoms with van der Waals surface area (Å²) in [4.78, 5) is 0. The molecule has 0 aromatic carbocycles. The van der Waals surface area contributed by atoms with E-state index in [1.165, 1.54) is 25.7 Å². The first-order valence-electron chi connectivity index (χ1n) is 5.25. The molecule has 12 heavy (non-hydrogen) atoms. The first kappa shape index (κ1) is 8.49. The summed E-state index contributed by atoms with van der Waals surface area (Å²) in [5.74, 6) is 0. The highest BCUT2D eigenvalue weighted by Gasteiger charge is 2.26. The molecule has 0 heterocycles. The highest BCUT2D eigenvalue weighted by molar-refractivity contribution is 4.85. The third-order valence-electron chi connectivity index (χ3n) is 3.20. The van der Waals surface area contributed by atoms with Crippen LogP contribution in [0.15, 0.2) is 0 Å². The Hall–Kier alpha value is -0.110. The van der Waals surface area contributed by atoms with E-state index in [4.69, 9.17) is 0 Å². The maximum atomic E-state index is 12.8. The maximum Gasteiger partial charge on any atom is 0.102 e. The minimum Gasteiger partial charge on any atom is -0.311 e. The van der Waals surface area contributed by atoms with Gasteiger partial charge < -0.3 is 5.32 Å². The Balaban J connectivity index is 1.72. The Labute approximate surface area is 73.7 Å². The molecule has 1 nitrogen and oxygen atoms in total. The molecule has 2 aliphatic carbocycles. The first-order chi connectivity index (χ1) is 5.84. The summed E-state index contributed by atoms with van der Waals surface area (Å²) in [6.45, 7) is 0. The predicted molar refractivity (Wildman–Crippen MR) is 47.9 cm³/mol. The van der Waals surface area contributed by atoms with Crippen LogP contribution in [0.4, 0.5) is 4.39 Å². The normalized spacial score (nSPS) is 37.8. The third-order valence-corrected chi connectivity index (χ3v) is 3.20. The van der Waals surface area contributed by atoms with Crippen molar-refractivity contribution in [3.8, 4) is 0 Å². The van der Waals surface area contributed by atoms with E-state index < -0.39 is 6.17 Å². The van der Waals surface area contributed by atoms with Gasteiger partial charge in [-0.25, -0.2) is 4.39 Å². The summed E-state index contributed by atoms with van der Waals surface area (Å²) in [6, 6.07) is 1.20. The fraction of sp³-hybridized carbons (Fsp3) is 1.00. The molecular formula is C10H18FN. The Morgan fingerprint density at radius 2 is 1.67 bits per heavy atom. The van der Waals surface area contributed by atoms with Crippen LogP contribution < -0.4 is 5.32 Å². The zero-order valence-corrected chi connectivity index (χ0v) is 7.56. The molecule has 0 aliphatic heterocycles. The molecule has 0 bridgehead atoms. The van der Waals surface area contributed by atoms with Gasteiger partial charge in [-0.15, -0.1) is 0 Å². The average molecular weight is 171 g/mol. The van der Waals surface area contributed by atoms with Crippen LogP contribution >= 0.6 is 0 Å². The second-order valence-electron chi connectivity index (χ2n) is 4.26. The smallest absolute Gasteiger partial charge is 0.102 e. The van der Waals surface area contributed by atoms with E-state index in [0.29, 0.717) is 12.1 Å². The Bertz CT molecular complexity index is 143. The molecule has 70 valence electrons. The molecule has 2 saturated carbocycles. The molecule has 2 aliphatic rings. The molecule has 2 atom stereocenters. The molecular weight excluding hydrogens is 153 g/mol. The molecule has 0 unspecified atom stereocenters. The van der Waals surface area contributed by atoms with Crippen LogP contribution in [0.5, 0.6) is 0 Å². The summed E-state index contributed by atoms with van der Waals surface area (Å²) in [6.07, 6.45) is 7.43. The summed E-state index contributed by atoms with van der Waals surface area (Å²) in [5, 5.41) is 3.57. The van der Waals surface area contributed by atoms with Gasteiger partial charge in [-0.1, -0.05) is 12.8 Å². The van der Waals surface area contributed by atoms with Crippen LogP contribution in [0.25, 0.3) is 0 Å². The fourth-order valence-electron chi connectivity index (χ4n) is 2.50. The summed E-state index contributed by atoms with van der Waals surface area (Å²) >= 11 is 0. The van der Waals surface area contributed by atoms with Gasteiger partial charge in [0, 0.05) is 12.1 Å². The number of nitrogens with one attached hydrogen (secondary N) is 1. The van der Waals surface area contributed by atoms with Gasteiger partial charge in [-0.3, -0.25) is 0 Å². The van der Waals surface area contributed by atoms with Crippen LogP contribution in [0.2, 0.25) is 0 Å². The van der Waals surface area contributed by atoms with E-state index >= 15 is 0 Å². The second kappa shape index (κ2) is 3.73. The molecule has 1 N–H and O–H groups in total. The van der Waals surface area contributed by atoms with Crippen molar-refractivity contribution in [1.82, 2.24) is 5.32 Å². The van der Waals surface area contributed by atoms with E-state index in [0.717, 1.165) is 19.3 Å². The van der Waals surface area contributed by atoms with Crippen molar-refractivity contribution in [2.24, 2.45) is 0 Å². The first-order valence-corrected chi connectivity index (χ1v) is 5.25. The van der Waals surface area contributed by atoms with Crippen molar-refractivity contribution in [2.75, 3.05) is 0 Å². The maximum absolute atomic E-state index is 12.8. The molecule has 0 radical (unpaired) electrons. The lowest BCUT2D eigenvalue weighted by Crippen LogP contribution is -2.34. The largest absolute Gasteiger partial charge is 0.311 e. The lowest BCUT2D eigenvalue weighted by atomic mass is 10.2. The Morgan fingerprint density at radius 1 is 0.917 bits per heavy atom. The van der Waals surface area contributed by atoms with Crippen molar-refractivity contribution in [3.63, 3.8) is 0 Å². The monoisotopic (exact) mass is 171 g/mol. The van der Waals surface area contributed by atoms with Gasteiger partial charge in [0.2, 0.25) is 0 Å². The predicted octanol–water partition coefficient (Wildman–Crippen LogP) is 2.41. The molecule has 0 aromatic heterocycles. The molecule has 0 saturated heterocycles. The number of halogens is 1. The standard InChI is InChI=1S/C10H18FN/c11-8-5-6-10(7-8)12-9-3-1-2-4-9/h8-10,12H,1-7H2/t8-,10-/m1/s1. The van der Waals surface area contributed by atoms with E-state index in [1.807, 2.05) is 0 Å². The van der Waals surface area contributed by atoms with E-state index in [2.05, 4.69) is 5.32 Å². The third kappa shape index (κ3) is 1.98. The van der Waals surface area contributed by atoms with Crippen LogP contribution in [0.1, 0.15) is 44.9 Å². The molecule has 0 amide bonds. The molecule has 2 rings (SSSR count). The summed E-state index contributed by atoms with van der Waals surface area (Å²) in [5.41, 5.74) is 0. The van der Waals surface area contributed by atoms with Crippen LogP contribution in [-0.4, -0.2) is 18.3 Å². The fourth-order valence-corrected chi connectivity index (χ4v) is 2.50. The van der Waals surface area contributed by atoms with Crippen LogP contribution in [0.3, 0.4) is 0 Å². The van der Waals surface area contributed by atoms with Gasteiger partial charge in [-0.2, -0.15) is 0 Å². The molecule has 2 heteroatoms. The van der Waals surface area contributed by atoms with Gasteiger partial charge in [-0.05, 0) is 32.1 Å². The van der Waals surface area contributed by atoms with Crippen molar-refractivity contribution in [2.45, 2.75) is 63.2 Å². The van der Waals surface area contributed by atoms with Gasteiger partial charge >= 0.3 is 0 Å². The van der Waals surface area contributed by atoms with Gasteiger partial charge in [0.25, 0.3) is 0 Å². The number of hydrogen-bond acceptors (Lipinski definition) is 1. The molecule has 2 fully saturated rings. The average Bonchev–Trinajstić information content (AvgIpc) is 2.63. The van der Waals surface area contributed by atoms with Crippen LogP contribution in [-0.2, 0) is 0 Å². The minimum atomic E-state index is -0.524. The minimum absolute atomic E-state index is 0.489. The summed E-state index contributed by atoms with van der Waals surface area (Å²) < 4.78 is 12.8. The second-order valence-corrected chi connectivity index (χ2v) is 4.26. The van der Waals surface area contributed by atoms with Crippen molar-refractivity contribution < 1.29 is 4.39 Å². The van der Waals surface area contributed by atoms with E-state index in [9.17, 15) is 4.39 Å². The van der Waals surface area contributed by atoms with Gasteiger partial charge in [0.15, 0.2) is 0 Å². The van der Waals surface area contributed by atoms with E-state index in [1.54, 1.807) is 0 Å².